The zero-order chi connectivity index (χ0) is 12.1. The highest BCUT2D eigenvalue weighted by Gasteiger charge is 2.19. The molecule has 4 heteroatoms. The second-order valence-electron chi connectivity index (χ2n) is 3.90. The molecule has 0 spiro atoms. The van der Waals surface area contributed by atoms with Crippen LogP contribution < -0.4 is 5.73 Å². The van der Waals surface area contributed by atoms with Gasteiger partial charge in [-0.25, -0.2) is 4.39 Å². The van der Waals surface area contributed by atoms with Crippen molar-refractivity contribution in [3.8, 4) is 0 Å². The Bertz CT molecular complexity index is 346. The molecule has 0 radical (unpaired) electrons. The molecule has 0 amide bonds. The van der Waals surface area contributed by atoms with E-state index in [4.69, 9.17) is 5.73 Å². The molecule has 1 aromatic carbocycles. The summed E-state index contributed by atoms with van der Waals surface area (Å²) in [5.74, 6) is -0.366. The van der Waals surface area contributed by atoms with Crippen molar-refractivity contribution in [2.24, 2.45) is 11.7 Å². The molecule has 16 heavy (non-hydrogen) atoms. The fourth-order valence-corrected chi connectivity index (χ4v) is 1.99. The van der Waals surface area contributed by atoms with Gasteiger partial charge in [-0.3, -0.25) is 0 Å². The zero-order valence-electron chi connectivity index (χ0n) is 9.29. The van der Waals surface area contributed by atoms with Gasteiger partial charge in [0.25, 0.3) is 0 Å². The Hall–Kier alpha value is -0.450. The zero-order valence-corrected chi connectivity index (χ0v) is 10.9. The summed E-state index contributed by atoms with van der Waals surface area (Å²) in [4.78, 5) is 0. The molecule has 1 aromatic rings. The summed E-state index contributed by atoms with van der Waals surface area (Å²) in [6, 6.07) is 4.68. The molecule has 2 unspecified atom stereocenters. The largest absolute Gasteiger partial charge is 0.388 e. The predicted molar refractivity (Wildman–Crippen MR) is 66.5 cm³/mol. The third-order valence-corrected chi connectivity index (χ3v) is 3.34. The van der Waals surface area contributed by atoms with E-state index < -0.39 is 6.10 Å². The second kappa shape index (κ2) is 6.33. The van der Waals surface area contributed by atoms with Crippen molar-refractivity contribution in [3.05, 3.63) is 34.1 Å². The predicted octanol–water partition coefficient (Wildman–Crippen LogP) is 3.00. The van der Waals surface area contributed by atoms with E-state index in [0.717, 1.165) is 12.8 Å². The van der Waals surface area contributed by atoms with Gasteiger partial charge in [0.2, 0.25) is 0 Å². The molecule has 2 atom stereocenters. The summed E-state index contributed by atoms with van der Waals surface area (Å²) < 4.78 is 13.7. The summed E-state index contributed by atoms with van der Waals surface area (Å²) in [5, 5.41) is 10.1. The Morgan fingerprint density at radius 2 is 2.19 bits per heavy atom. The quantitative estimate of drug-likeness (QED) is 0.875. The third-order valence-electron chi connectivity index (χ3n) is 2.69. The molecular weight excluding hydrogens is 273 g/mol. The standard InChI is InChI=1S/C12H17BrFNO/c1-2-3-9(7-15)12(16)8-4-5-10(13)11(14)6-8/h4-6,9,12,16H,2-3,7,15H2,1H3. The topological polar surface area (TPSA) is 46.2 Å². The van der Waals surface area contributed by atoms with Crippen LogP contribution >= 0.6 is 15.9 Å². The molecule has 0 bridgehead atoms. The van der Waals surface area contributed by atoms with Gasteiger partial charge in [-0.05, 0) is 46.6 Å². The van der Waals surface area contributed by atoms with Crippen LogP contribution in [0.25, 0.3) is 0 Å². The number of hydrogen-bond donors (Lipinski definition) is 2. The van der Waals surface area contributed by atoms with Crippen molar-refractivity contribution < 1.29 is 9.50 Å². The van der Waals surface area contributed by atoms with Gasteiger partial charge in [-0.2, -0.15) is 0 Å². The van der Waals surface area contributed by atoms with E-state index in [-0.39, 0.29) is 11.7 Å². The van der Waals surface area contributed by atoms with E-state index in [1.54, 1.807) is 12.1 Å². The van der Waals surface area contributed by atoms with Gasteiger partial charge in [-0.1, -0.05) is 19.4 Å². The minimum atomic E-state index is -0.687. The van der Waals surface area contributed by atoms with Crippen molar-refractivity contribution in [2.45, 2.75) is 25.9 Å². The van der Waals surface area contributed by atoms with Crippen LogP contribution in [0, 0.1) is 11.7 Å². The molecule has 1 rings (SSSR count). The van der Waals surface area contributed by atoms with Crippen LogP contribution in [0.1, 0.15) is 31.4 Å². The van der Waals surface area contributed by atoms with Crippen LogP contribution in [0.3, 0.4) is 0 Å². The van der Waals surface area contributed by atoms with Gasteiger partial charge < -0.3 is 10.8 Å². The first-order valence-corrected chi connectivity index (χ1v) is 6.22. The lowest BCUT2D eigenvalue weighted by Crippen LogP contribution is -2.22. The Morgan fingerprint density at radius 1 is 1.50 bits per heavy atom. The van der Waals surface area contributed by atoms with Crippen LogP contribution in [0.5, 0.6) is 0 Å². The molecule has 0 aliphatic rings. The number of benzene rings is 1. The van der Waals surface area contributed by atoms with Crippen LogP contribution in [-0.4, -0.2) is 11.7 Å². The van der Waals surface area contributed by atoms with Gasteiger partial charge in [0.1, 0.15) is 5.82 Å². The molecule has 0 aliphatic carbocycles. The molecule has 0 aromatic heterocycles. The molecule has 0 heterocycles. The first kappa shape index (κ1) is 13.6. The number of rotatable bonds is 5. The van der Waals surface area contributed by atoms with Gasteiger partial charge in [0, 0.05) is 5.92 Å². The Morgan fingerprint density at radius 3 is 2.69 bits per heavy atom. The van der Waals surface area contributed by atoms with Gasteiger partial charge >= 0.3 is 0 Å². The monoisotopic (exact) mass is 289 g/mol. The number of nitrogens with two attached hydrogens (primary N) is 1. The van der Waals surface area contributed by atoms with E-state index in [0.29, 0.717) is 16.6 Å². The lowest BCUT2D eigenvalue weighted by molar-refractivity contribution is 0.106. The average Bonchev–Trinajstić information content (AvgIpc) is 2.28. The van der Waals surface area contributed by atoms with Crippen LogP contribution in [0.15, 0.2) is 22.7 Å². The molecule has 2 nitrogen and oxygen atoms in total. The highest BCUT2D eigenvalue weighted by Crippen LogP contribution is 2.27. The number of aliphatic hydroxyl groups excluding tert-OH is 1. The number of hydrogen-bond acceptors (Lipinski definition) is 2. The summed E-state index contributed by atoms with van der Waals surface area (Å²) in [6.07, 6.45) is 1.11. The first-order valence-electron chi connectivity index (χ1n) is 5.43. The Balaban J connectivity index is 2.85. The normalized spacial score (nSPS) is 14.8. The van der Waals surface area contributed by atoms with Crippen LogP contribution in [-0.2, 0) is 0 Å². The minimum Gasteiger partial charge on any atom is -0.388 e. The maximum absolute atomic E-state index is 13.3. The van der Waals surface area contributed by atoms with E-state index in [2.05, 4.69) is 15.9 Å². The lowest BCUT2D eigenvalue weighted by atomic mass is 9.92. The lowest BCUT2D eigenvalue weighted by Gasteiger charge is -2.21. The van der Waals surface area contributed by atoms with E-state index in [9.17, 15) is 9.50 Å². The van der Waals surface area contributed by atoms with Crippen molar-refractivity contribution in [1.82, 2.24) is 0 Å². The summed E-state index contributed by atoms with van der Waals surface area (Å²) in [5.41, 5.74) is 6.19. The molecule has 0 saturated carbocycles. The fourth-order valence-electron chi connectivity index (χ4n) is 1.74. The SMILES string of the molecule is CCCC(CN)C(O)c1ccc(Br)c(F)c1. The van der Waals surface area contributed by atoms with Crippen LogP contribution in [0.4, 0.5) is 4.39 Å². The summed E-state index contributed by atoms with van der Waals surface area (Å²) in [7, 11) is 0. The maximum Gasteiger partial charge on any atom is 0.137 e. The fraction of sp³-hybridized carbons (Fsp3) is 0.500. The number of halogens is 2. The highest BCUT2D eigenvalue weighted by molar-refractivity contribution is 9.10. The van der Waals surface area contributed by atoms with Gasteiger partial charge in [0.05, 0.1) is 10.6 Å². The minimum absolute atomic E-state index is 0.00873. The maximum atomic E-state index is 13.3. The molecule has 0 saturated heterocycles. The van der Waals surface area contributed by atoms with Gasteiger partial charge in [0.15, 0.2) is 0 Å². The second-order valence-corrected chi connectivity index (χ2v) is 4.76. The van der Waals surface area contributed by atoms with E-state index in [1.165, 1.54) is 6.07 Å². The molecule has 90 valence electrons. The van der Waals surface area contributed by atoms with Crippen molar-refractivity contribution >= 4 is 15.9 Å². The molecule has 3 N–H and O–H groups in total. The highest BCUT2D eigenvalue weighted by atomic mass is 79.9. The Kier molecular flexibility index (Phi) is 5.38. The number of aliphatic hydroxyl groups is 1. The average molecular weight is 290 g/mol. The first-order chi connectivity index (χ1) is 7.60. The molecular formula is C12H17BrFNO. The van der Waals surface area contributed by atoms with Crippen molar-refractivity contribution in [2.75, 3.05) is 6.54 Å². The van der Waals surface area contributed by atoms with Gasteiger partial charge in [-0.15, -0.1) is 0 Å². The van der Waals surface area contributed by atoms with Crippen molar-refractivity contribution in [3.63, 3.8) is 0 Å². The van der Waals surface area contributed by atoms with Crippen LogP contribution in [0.2, 0.25) is 0 Å². The molecule has 0 aliphatic heterocycles. The van der Waals surface area contributed by atoms with E-state index in [1.807, 2.05) is 6.92 Å². The summed E-state index contributed by atoms with van der Waals surface area (Å²) >= 11 is 3.08. The summed E-state index contributed by atoms with van der Waals surface area (Å²) in [6.45, 7) is 2.45. The third kappa shape index (κ3) is 3.27. The smallest absolute Gasteiger partial charge is 0.137 e. The van der Waals surface area contributed by atoms with Crippen molar-refractivity contribution in [1.29, 1.82) is 0 Å². The molecule has 0 fully saturated rings. The van der Waals surface area contributed by atoms with E-state index >= 15 is 0 Å². The Labute approximate surface area is 104 Å².